The van der Waals surface area contributed by atoms with Crippen molar-refractivity contribution in [1.82, 2.24) is 0 Å². The van der Waals surface area contributed by atoms with Gasteiger partial charge in [0.15, 0.2) is 0 Å². The Morgan fingerprint density at radius 1 is 1.05 bits per heavy atom. The Morgan fingerprint density at radius 3 is 2.20 bits per heavy atom. The molecule has 0 heterocycles. The first-order chi connectivity index (χ1) is 9.47. The van der Waals surface area contributed by atoms with Gasteiger partial charge in [-0.05, 0) is 41.2 Å². The molecule has 1 unspecified atom stereocenters. The van der Waals surface area contributed by atoms with Gasteiger partial charge in [-0.2, -0.15) is 0 Å². The average Bonchev–Trinajstić information content (AvgIpc) is 2.46. The molecule has 0 radical (unpaired) electrons. The molecular weight excluding hydrogens is 251 g/mol. The van der Waals surface area contributed by atoms with E-state index in [9.17, 15) is 9.50 Å². The summed E-state index contributed by atoms with van der Waals surface area (Å²) >= 11 is 0. The molecule has 0 aliphatic carbocycles. The van der Waals surface area contributed by atoms with Gasteiger partial charge in [0.25, 0.3) is 0 Å². The van der Waals surface area contributed by atoms with Crippen molar-refractivity contribution >= 4 is 0 Å². The van der Waals surface area contributed by atoms with Crippen molar-refractivity contribution in [1.29, 1.82) is 0 Å². The zero-order chi connectivity index (χ0) is 14.8. The summed E-state index contributed by atoms with van der Waals surface area (Å²) in [7, 11) is 0. The molecule has 0 saturated heterocycles. The zero-order valence-electron chi connectivity index (χ0n) is 12.2. The summed E-state index contributed by atoms with van der Waals surface area (Å²) in [5.41, 5.74) is 1.48. The molecule has 1 nitrogen and oxygen atoms in total. The normalized spacial score (nSPS) is 14.3. The summed E-state index contributed by atoms with van der Waals surface area (Å²) in [4.78, 5) is 0. The molecular formula is C18H21FO. The summed E-state index contributed by atoms with van der Waals surface area (Å²) < 4.78 is 13.4. The maximum absolute atomic E-state index is 13.4. The van der Waals surface area contributed by atoms with Crippen molar-refractivity contribution in [2.75, 3.05) is 0 Å². The average molecular weight is 272 g/mol. The number of aliphatic hydroxyl groups is 1. The number of benzene rings is 2. The van der Waals surface area contributed by atoms with Gasteiger partial charge in [-0.25, -0.2) is 4.39 Å². The maximum atomic E-state index is 13.4. The lowest BCUT2D eigenvalue weighted by Gasteiger charge is -2.28. The zero-order valence-corrected chi connectivity index (χ0v) is 12.2. The van der Waals surface area contributed by atoms with Crippen LogP contribution >= 0.6 is 0 Å². The largest absolute Gasteiger partial charge is 0.380 e. The fourth-order valence-corrected chi connectivity index (χ4v) is 2.46. The second kappa shape index (κ2) is 5.76. The Labute approximate surface area is 120 Å². The molecule has 2 heteroatoms. The van der Waals surface area contributed by atoms with Crippen molar-refractivity contribution in [3.63, 3.8) is 0 Å². The molecule has 1 atom stereocenters. The number of hydrogen-bond donors (Lipinski definition) is 1. The topological polar surface area (TPSA) is 20.2 Å². The number of hydrogen-bond acceptors (Lipinski definition) is 1. The van der Waals surface area contributed by atoms with Crippen LogP contribution in [0.3, 0.4) is 0 Å². The van der Waals surface area contributed by atoms with E-state index in [1.165, 1.54) is 17.7 Å². The van der Waals surface area contributed by atoms with Crippen LogP contribution < -0.4 is 0 Å². The van der Waals surface area contributed by atoms with Crippen molar-refractivity contribution in [2.45, 2.75) is 38.7 Å². The van der Waals surface area contributed by atoms with Gasteiger partial charge in [0.1, 0.15) is 11.4 Å². The van der Waals surface area contributed by atoms with Crippen molar-refractivity contribution in [3.05, 3.63) is 71.0 Å². The van der Waals surface area contributed by atoms with Crippen LogP contribution in [0.2, 0.25) is 0 Å². The third kappa shape index (κ3) is 2.75. The third-order valence-electron chi connectivity index (χ3n) is 3.87. The van der Waals surface area contributed by atoms with Gasteiger partial charge in [-0.15, -0.1) is 0 Å². The highest BCUT2D eigenvalue weighted by atomic mass is 19.1. The monoisotopic (exact) mass is 272 g/mol. The number of rotatable bonds is 4. The van der Waals surface area contributed by atoms with Crippen molar-refractivity contribution < 1.29 is 9.50 Å². The summed E-state index contributed by atoms with van der Waals surface area (Å²) in [6.07, 6.45) is 0.497. The van der Waals surface area contributed by atoms with Crippen molar-refractivity contribution in [3.8, 4) is 0 Å². The van der Waals surface area contributed by atoms with Crippen LogP contribution in [-0.4, -0.2) is 5.11 Å². The molecule has 0 amide bonds. The lowest BCUT2D eigenvalue weighted by atomic mass is 9.83. The molecule has 0 saturated carbocycles. The molecule has 20 heavy (non-hydrogen) atoms. The minimum Gasteiger partial charge on any atom is -0.380 e. The second-order valence-electron chi connectivity index (χ2n) is 5.50. The van der Waals surface area contributed by atoms with Gasteiger partial charge in [-0.3, -0.25) is 0 Å². The molecule has 2 rings (SSSR count). The van der Waals surface area contributed by atoms with Crippen LogP contribution in [0.5, 0.6) is 0 Å². The second-order valence-corrected chi connectivity index (χ2v) is 5.50. The molecule has 0 aliphatic heterocycles. The predicted octanol–water partition coefficient (Wildman–Crippen LogP) is 4.60. The molecule has 106 valence electrons. The fraction of sp³-hybridized carbons (Fsp3) is 0.333. The van der Waals surface area contributed by atoms with Gasteiger partial charge in [-0.1, -0.05) is 57.2 Å². The van der Waals surface area contributed by atoms with E-state index >= 15 is 0 Å². The van der Waals surface area contributed by atoms with E-state index in [-0.39, 0.29) is 5.82 Å². The Hall–Kier alpha value is -1.67. The maximum Gasteiger partial charge on any atom is 0.123 e. The van der Waals surface area contributed by atoms with Crippen LogP contribution in [0.1, 0.15) is 49.8 Å². The Morgan fingerprint density at radius 2 is 1.70 bits per heavy atom. The van der Waals surface area contributed by atoms with E-state index in [0.717, 1.165) is 5.56 Å². The smallest absolute Gasteiger partial charge is 0.123 e. The van der Waals surface area contributed by atoms with Crippen LogP contribution in [-0.2, 0) is 5.60 Å². The van der Waals surface area contributed by atoms with Gasteiger partial charge >= 0.3 is 0 Å². The number of halogens is 1. The van der Waals surface area contributed by atoms with Crippen LogP contribution in [0.15, 0.2) is 48.5 Å². The summed E-state index contributed by atoms with van der Waals surface area (Å²) in [6.45, 7) is 6.17. The molecule has 0 fully saturated rings. The minimum absolute atomic E-state index is 0.326. The Balaban J connectivity index is 2.45. The first-order valence-electron chi connectivity index (χ1n) is 7.06. The fourth-order valence-electron chi connectivity index (χ4n) is 2.46. The van der Waals surface area contributed by atoms with Gasteiger partial charge in [0.05, 0.1) is 0 Å². The summed E-state index contributed by atoms with van der Waals surface area (Å²) in [6, 6.07) is 14.1. The predicted molar refractivity (Wildman–Crippen MR) is 80.2 cm³/mol. The highest BCUT2D eigenvalue weighted by Gasteiger charge is 2.29. The lowest BCUT2D eigenvalue weighted by molar-refractivity contribution is 0.0762. The van der Waals surface area contributed by atoms with Crippen LogP contribution in [0.4, 0.5) is 4.39 Å². The highest BCUT2D eigenvalue weighted by Crippen LogP contribution is 2.33. The highest BCUT2D eigenvalue weighted by molar-refractivity contribution is 5.37. The van der Waals surface area contributed by atoms with Crippen molar-refractivity contribution in [2.24, 2.45) is 0 Å². The molecule has 2 aromatic rings. The third-order valence-corrected chi connectivity index (χ3v) is 3.87. The van der Waals surface area contributed by atoms with E-state index in [0.29, 0.717) is 17.9 Å². The Bertz CT molecular complexity index is 574. The standard InChI is InChI=1S/C18H21FO/c1-4-18(20,16-6-5-7-17(19)12-16)15-10-8-14(9-11-15)13(2)3/h5-13,20H,4H2,1-3H3. The molecule has 0 spiro atoms. The van der Waals surface area contributed by atoms with E-state index in [4.69, 9.17) is 0 Å². The SMILES string of the molecule is CCC(O)(c1ccc(C(C)C)cc1)c1cccc(F)c1. The Kier molecular flexibility index (Phi) is 4.24. The summed E-state index contributed by atoms with van der Waals surface area (Å²) in [5.74, 6) is 0.126. The quantitative estimate of drug-likeness (QED) is 0.862. The van der Waals surface area contributed by atoms with Gasteiger partial charge < -0.3 is 5.11 Å². The summed E-state index contributed by atoms with van der Waals surface area (Å²) in [5, 5.41) is 10.9. The molecule has 0 aromatic heterocycles. The van der Waals surface area contributed by atoms with E-state index < -0.39 is 5.60 Å². The minimum atomic E-state index is -1.14. The molecule has 0 bridgehead atoms. The molecule has 0 aliphatic rings. The van der Waals surface area contributed by atoms with Crippen LogP contribution in [0.25, 0.3) is 0 Å². The van der Waals surface area contributed by atoms with Crippen LogP contribution in [0, 0.1) is 5.82 Å². The van der Waals surface area contributed by atoms with E-state index in [2.05, 4.69) is 13.8 Å². The van der Waals surface area contributed by atoms with E-state index in [1.54, 1.807) is 12.1 Å². The first kappa shape index (κ1) is 14.7. The van der Waals surface area contributed by atoms with Gasteiger partial charge in [0, 0.05) is 0 Å². The first-order valence-corrected chi connectivity index (χ1v) is 7.06. The van der Waals surface area contributed by atoms with Gasteiger partial charge in [0.2, 0.25) is 0 Å². The van der Waals surface area contributed by atoms with E-state index in [1.807, 2.05) is 31.2 Å². The molecule has 2 aromatic carbocycles. The molecule has 1 N–H and O–H groups in total. The lowest BCUT2D eigenvalue weighted by Crippen LogP contribution is -2.26.